The number of terminal acetylenes is 1. The molecule has 2 aromatic heterocycles. The van der Waals surface area contributed by atoms with E-state index in [-0.39, 0.29) is 42.1 Å². The molecule has 0 aromatic carbocycles. The molecule has 41 heavy (non-hydrogen) atoms. The van der Waals surface area contributed by atoms with Crippen LogP contribution in [-0.4, -0.2) is 78.9 Å². The predicted octanol–water partition coefficient (Wildman–Crippen LogP) is 2.00. The zero-order valence-electron chi connectivity index (χ0n) is 22.6. The Morgan fingerprint density at radius 3 is 2.61 bits per heavy atom. The van der Waals surface area contributed by atoms with Gasteiger partial charge in [-0.2, -0.15) is 14.4 Å². The summed E-state index contributed by atoms with van der Waals surface area (Å²) in [6.45, 7) is -0.409. The lowest BCUT2D eigenvalue weighted by atomic mass is 9.69. The lowest BCUT2D eigenvalue weighted by molar-refractivity contribution is -0.159. The van der Waals surface area contributed by atoms with Crippen molar-refractivity contribution in [1.29, 1.82) is 0 Å². The van der Waals surface area contributed by atoms with Crippen molar-refractivity contribution in [2.24, 2.45) is 11.3 Å². The average molecular weight is 572 g/mol. The first kappa shape index (κ1) is 28.0. The molecule has 4 fully saturated rings. The third-order valence-corrected chi connectivity index (χ3v) is 9.35. The van der Waals surface area contributed by atoms with Gasteiger partial charge >= 0.3 is 12.0 Å². The monoisotopic (exact) mass is 571 g/mol. The van der Waals surface area contributed by atoms with E-state index in [1.165, 1.54) is 36.6 Å². The van der Waals surface area contributed by atoms with Gasteiger partial charge in [-0.25, -0.2) is 4.98 Å². The molecule has 1 amide bonds. The van der Waals surface area contributed by atoms with Crippen molar-refractivity contribution in [3.8, 4) is 12.3 Å². The molecule has 0 radical (unpaired) electrons. The molecule has 220 valence electrons. The van der Waals surface area contributed by atoms with Gasteiger partial charge < -0.3 is 34.3 Å². The van der Waals surface area contributed by atoms with E-state index in [0.717, 1.165) is 25.7 Å². The Bertz CT molecular complexity index is 1360. The van der Waals surface area contributed by atoms with E-state index < -0.39 is 42.1 Å². The van der Waals surface area contributed by atoms with Gasteiger partial charge in [-0.3, -0.25) is 9.59 Å². The number of anilines is 1. The summed E-state index contributed by atoms with van der Waals surface area (Å²) < 4.78 is 32.5. The smallest absolute Gasteiger partial charge is 0.312 e. The van der Waals surface area contributed by atoms with Gasteiger partial charge in [0.15, 0.2) is 28.9 Å². The summed E-state index contributed by atoms with van der Waals surface area (Å²) in [7, 11) is 0. The molecule has 1 spiro atoms. The van der Waals surface area contributed by atoms with Crippen LogP contribution in [0.1, 0.15) is 70.3 Å². The Labute approximate surface area is 236 Å². The molecule has 2 saturated carbocycles. The van der Waals surface area contributed by atoms with Crippen LogP contribution in [0.4, 0.5) is 10.2 Å². The second-order valence-corrected chi connectivity index (χ2v) is 11.8. The predicted molar refractivity (Wildman–Crippen MR) is 140 cm³/mol. The molecular weight excluding hydrogens is 537 g/mol. The van der Waals surface area contributed by atoms with Gasteiger partial charge in [0.05, 0.1) is 24.9 Å². The van der Waals surface area contributed by atoms with Crippen LogP contribution in [0.25, 0.3) is 11.2 Å². The minimum atomic E-state index is -1.61. The molecule has 2 unspecified atom stereocenters. The van der Waals surface area contributed by atoms with E-state index in [4.69, 9.17) is 20.6 Å². The third-order valence-electron chi connectivity index (χ3n) is 9.35. The van der Waals surface area contributed by atoms with Crippen LogP contribution in [-0.2, 0) is 23.8 Å². The SMILES string of the molecule is C#C[C@]1(COC(=O)C2CCC3(CCCC3)CC2)OCC(n2cnc3c(NC(=O)[C@H]4CCC(O)O4)nc(F)nc32)[C@@H]1O. The number of nitrogens with zero attached hydrogens (tertiary/aromatic N) is 4. The maximum absolute atomic E-state index is 14.5. The maximum atomic E-state index is 14.5. The van der Waals surface area contributed by atoms with Crippen LogP contribution in [0, 0.1) is 29.8 Å². The van der Waals surface area contributed by atoms with Crippen molar-refractivity contribution in [1.82, 2.24) is 19.5 Å². The number of halogens is 1. The number of carbonyl (C=O) groups is 2. The van der Waals surface area contributed by atoms with Crippen LogP contribution in [0.5, 0.6) is 0 Å². The van der Waals surface area contributed by atoms with E-state index in [0.29, 0.717) is 18.3 Å². The Hall–Kier alpha value is -3.18. The fraction of sp³-hybridized carbons (Fsp3) is 0.679. The van der Waals surface area contributed by atoms with Crippen LogP contribution >= 0.6 is 0 Å². The molecular formula is C28H34FN5O7. The highest BCUT2D eigenvalue weighted by Gasteiger charge is 2.51. The van der Waals surface area contributed by atoms with Crippen molar-refractivity contribution in [2.45, 2.75) is 94.3 Å². The molecule has 2 aromatic rings. The van der Waals surface area contributed by atoms with E-state index in [1.807, 2.05) is 0 Å². The highest BCUT2D eigenvalue weighted by atomic mass is 19.1. The number of carbonyl (C=O) groups excluding carboxylic acids is 2. The van der Waals surface area contributed by atoms with Crippen molar-refractivity contribution in [2.75, 3.05) is 18.5 Å². The summed E-state index contributed by atoms with van der Waals surface area (Å²) in [5, 5.41) is 23.3. The Balaban J connectivity index is 1.14. The Morgan fingerprint density at radius 2 is 1.93 bits per heavy atom. The first-order valence-electron chi connectivity index (χ1n) is 14.2. The number of hydrogen-bond acceptors (Lipinski definition) is 10. The van der Waals surface area contributed by atoms with Crippen molar-refractivity contribution in [3.63, 3.8) is 0 Å². The second-order valence-electron chi connectivity index (χ2n) is 11.8. The largest absolute Gasteiger partial charge is 0.461 e. The molecule has 4 heterocycles. The number of aromatic nitrogens is 4. The molecule has 4 aliphatic rings. The average Bonchev–Trinajstić information content (AvgIpc) is 3.76. The first-order valence-corrected chi connectivity index (χ1v) is 14.2. The number of aliphatic hydroxyl groups excluding tert-OH is 2. The fourth-order valence-electron chi connectivity index (χ4n) is 6.87. The standard InChI is InChI=1S/C28H34FN5O7/c1-2-28(14-39-25(38)16-7-11-27(12-8-16)9-3-4-10-27)21(36)17(13-40-28)34-15-30-20-22(32-26(29)33-23(20)34)31-24(37)18-5-6-19(35)41-18/h1,15-19,21,35-36H,3-14H2,(H,31,32,33,37)/t17?,18-,19?,21+,28-/m1/s1. The minimum absolute atomic E-state index is 0.000638. The zero-order valence-corrected chi connectivity index (χ0v) is 22.6. The summed E-state index contributed by atoms with van der Waals surface area (Å²) in [4.78, 5) is 37.2. The second kappa shape index (κ2) is 10.9. The molecule has 2 saturated heterocycles. The minimum Gasteiger partial charge on any atom is -0.461 e. The molecule has 3 N–H and O–H groups in total. The summed E-state index contributed by atoms with van der Waals surface area (Å²) in [6.07, 6.45) is 11.9. The fourth-order valence-corrected chi connectivity index (χ4v) is 6.87. The molecule has 13 heteroatoms. The molecule has 6 rings (SSSR count). The molecule has 12 nitrogen and oxygen atoms in total. The van der Waals surface area contributed by atoms with Gasteiger partial charge in [-0.15, -0.1) is 6.42 Å². The van der Waals surface area contributed by atoms with Gasteiger partial charge in [0, 0.05) is 6.42 Å². The Morgan fingerprint density at radius 1 is 1.17 bits per heavy atom. The number of amides is 1. The normalized spacial score (nSPS) is 31.5. The van der Waals surface area contributed by atoms with Crippen molar-refractivity contribution < 1.29 is 38.4 Å². The van der Waals surface area contributed by atoms with Crippen LogP contribution < -0.4 is 5.32 Å². The van der Waals surface area contributed by atoms with E-state index in [1.54, 1.807) is 0 Å². The first-order chi connectivity index (χ1) is 19.7. The van der Waals surface area contributed by atoms with E-state index >= 15 is 0 Å². The highest BCUT2D eigenvalue weighted by Crippen LogP contribution is 2.50. The highest BCUT2D eigenvalue weighted by molar-refractivity contribution is 5.99. The van der Waals surface area contributed by atoms with E-state index in [2.05, 4.69) is 26.2 Å². The zero-order chi connectivity index (χ0) is 28.8. The van der Waals surface area contributed by atoms with Crippen LogP contribution in [0.2, 0.25) is 0 Å². The van der Waals surface area contributed by atoms with Gasteiger partial charge in [-0.1, -0.05) is 18.8 Å². The Kier molecular flexibility index (Phi) is 7.44. The lowest BCUT2D eigenvalue weighted by Crippen LogP contribution is -2.46. The van der Waals surface area contributed by atoms with Gasteiger partial charge in [0.1, 0.15) is 18.8 Å². The van der Waals surface area contributed by atoms with Gasteiger partial charge in [-0.05, 0) is 50.4 Å². The molecule has 2 aliphatic heterocycles. The van der Waals surface area contributed by atoms with Gasteiger partial charge in [0.2, 0.25) is 0 Å². The number of esters is 1. The van der Waals surface area contributed by atoms with Crippen LogP contribution in [0.3, 0.4) is 0 Å². The number of aliphatic hydroxyl groups is 2. The number of fused-ring (bicyclic) bond motifs is 1. The number of rotatable bonds is 6. The molecule has 0 bridgehead atoms. The number of hydrogen-bond donors (Lipinski definition) is 3. The summed E-state index contributed by atoms with van der Waals surface area (Å²) in [6, 6.07) is -0.835. The summed E-state index contributed by atoms with van der Waals surface area (Å²) in [5.41, 5.74) is -1.14. The number of nitrogens with one attached hydrogen (secondary N) is 1. The number of ether oxygens (including phenoxy) is 3. The molecule has 5 atom stereocenters. The quantitative estimate of drug-likeness (QED) is 0.266. The van der Waals surface area contributed by atoms with Crippen LogP contribution in [0.15, 0.2) is 6.33 Å². The van der Waals surface area contributed by atoms with Crippen molar-refractivity contribution >= 4 is 28.9 Å². The maximum Gasteiger partial charge on any atom is 0.312 e. The van der Waals surface area contributed by atoms with E-state index in [9.17, 15) is 24.2 Å². The van der Waals surface area contributed by atoms with Crippen molar-refractivity contribution in [3.05, 3.63) is 12.4 Å². The third kappa shape index (κ3) is 5.18. The number of imidazole rings is 1. The van der Waals surface area contributed by atoms with Gasteiger partial charge in [0.25, 0.3) is 5.91 Å². The summed E-state index contributed by atoms with van der Waals surface area (Å²) in [5.74, 6) is 1.14. The lowest BCUT2D eigenvalue weighted by Gasteiger charge is -2.36. The molecule has 2 aliphatic carbocycles. The summed E-state index contributed by atoms with van der Waals surface area (Å²) >= 11 is 0. The topological polar surface area (TPSA) is 158 Å².